The van der Waals surface area contributed by atoms with Crippen molar-refractivity contribution in [2.24, 2.45) is 0 Å². The van der Waals surface area contributed by atoms with E-state index >= 15 is 0 Å². The summed E-state index contributed by atoms with van der Waals surface area (Å²) in [5.74, 6) is -0.675. The number of carbonyl (C=O) groups is 3. The summed E-state index contributed by atoms with van der Waals surface area (Å²) in [5, 5.41) is 2.89. The first kappa shape index (κ1) is 21.5. The molecule has 160 valence electrons. The van der Waals surface area contributed by atoms with E-state index in [0.717, 1.165) is 15.6 Å². The van der Waals surface area contributed by atoms with E-state index in [-0.39, 0.29) is 30.3 Å². The molecule has 2 aliphatic heterocycles. The zero-order valence-corrected chi connectivity index (χ0v) is 18.5. The molecular weight excluding hydrogens is 460 g/mol. The number of benzene rings is 2. The fraction of sp³-hybridized carbons (Fsp3) is 0.292. The van der Waals surface area contributed by atoms with E-state index in [9.17, 15) is 14.4 Å². The first-order valence-corrected chi connectivity index (χ1v) is 11.0. The molecule has 4 rings (SSSR count). The smallest absolute Gasteiger partial charge is 0.251 e. The molecule has 2 aliphatic rings. The maximum atomic E-state index is 13.5. The van der Waals surface area contributed by atoms with Crippen molar-refractivity contribution in [3.05, 3.63) is 76.3 Å². The molecule has 0 radical (unpaired) electrons. The lowest BCUT2D eigenvalue weighted by atomic mass is 10.0. The minimum atomic E-state index is -0.792. The van der Waals surface area contributed by atoms with Crippen molar-refractivity contribution in [3.63, 3.8) is 0 Å². The van der Waals surface area contributed by atoms with E-state index in [1.165, 1.54) is 0 Å². The van der Waals surface area contributed by atoms with Gasteiger partial charge in [0.15, 0.2) is 5.78 Å². The van der Waals surface area contributed by atoms with Gasteiger partial charge in [-0.25, -0.2) is 0 Å². The maximum Gasteiger partial charge on any atom is 0.251 e. The third-order valence-electron chi connectivity index (χ3n) is 5.76. The van der Waals surface area contributed by atoms with Gasteiger partial charge in [-0.05, 0) is 41.8 Å². The molecule has 7 heteroatoms. The van der Waals surface area contributed by atoms with Crippen LogP contribution in [-0.4, -0.2) is 53.8 Å². The summed E-state index contributed by atoms with van der Waals surface area (Å²) >= 11 is 3.41. The molecule has 31 heavy (non-hydrogen) atoms. The van der Waals surface area contributed by atoms with Crippen LogP contribution < -0.4 is 5.32 Å². The minimum Gasteiger partial charge on any atom is -0.368 e. The van der Waals surface area contributed by atoms with Crippen LogP contribution in [0.1, 0.15) is 27.9 Å². The van der Waals surface area contributed by atoms with Crippen LogP contribution in [0.3, 0.4) is 0 Å². The van der Waals surface area contributed by atoms with Crippen molar-refractivity contribution in [2.75, 3.05) is 13.2 Å². The second kappa shape index (κ2) is 9.16. The Morgan fingerprint density at radius 1 is 1.19 bits per heavy atom. The van der Waals surface area contributed by atoms with E-state index in [4.69, 9.17) is 4.74 Å². The second-order valence-corrected chi connectivity index (χ2v) is 8.68. The van der Waals surface area contributed by atoms with E-state index in [0.29, 0.717) is 24.9 Å². The van der Waals surface area contributed by atoms with Crippen molar-refractivity contribution in [3.8, 4) is 0 Å². The lowest BCUT2D eigenvalue weighted by Gasteiger charge is -2.27. The van der Waals surface area contributed by atoms with E-state index in [1.807, 2.05) is 24.3 Å². The number of Topliss-reactive ketones (excluding diaryl/α,β-unsaturated/α-hetero) is 1. The number of amides is 2. The second-order valence-electron chi connectivity index (χ2n) is 7.76. The Morgan fingerprint density at radius 3 is 2.58 bits per heavy atom. The van der Waals surface area contributed by atoms with Gasteiger partial charge in [0.25, 0.3) is 5.91 Å². The number of carbonyl (C=O) groups excluding carboxylic acids is 3. The number of nitrogens with zero attached hydrogens (tertiary/aromatic N) is 1. The Morgan fingerprint density at radius 2 is 1.90 bits per heavy atom. The molecule has 2 saturated heterocycles. The van der Waals surface area contributed by atoms with Crippen LogP contribution in [0.5, 0.6) is 0 Å². The van der Waals surface area contributed by atoms with E-state index in [2.05, 4.69) is 27.8 Å². The SMILES string of the molecule is C=Cc1ccc(C(=O)NC(Cc2ccc(Br)cc2)C(=O)N2CCC3OCC(=O)C32)cc1. The third kappa shape index (κ3) is 4.62. The fourth-order valence-corrected chi connectivity index (χ4v) is 4.37. The summed E-state index contributed by atoms with van der Waals surface area (Å²) < 4.78 is 6.44. The standard InChI is InChI=1S/C24H23BrN2O4/c1-2-15-3-7-17(8-4-15)23(29)26-19(13-16-5-9-18(25)10-6-16)24(30)27-12-11-21-22(27)20(28)14-31-21/h2-10,19,21-22H,1,11-14H2,(H,26,29). The zero-order chi connectivity index (χ0) is 22.0. The number of halogens is 1. The maximum absolute atomic E-state index is 13.5. The highest BCUT2D eigenvalue weighted by molar-refractivity contribution is 9.10. The van der Waals surface area contributed by atoms with Gasteiger partial charge in [-0.1, -0.05) is 52.9 Å². The molecule has 0 spiro atoms. The molecule has 0 saturated carbocycles. The summed E-state index contributed by atoms with van der Waals surface area (Å²) in [7, 11) is 0. The molecule has 0 aromatic heterocycles. The summed E-state index contributed by atoms with van der Waals surface area (Å²) in [6.45, 7) is 4.20. The lowest BCUT2D eigenvalue weighted by molar-refractivity contribution is -0.138. The molecule has 2 fully saturated rings. The van der Waals surface area contributed by atoms with Crippen molar-refractivity contribution >= 4 is 39.6 Å². The molecule has 2 aromatic rings. The van der Waals surface area contributed by atoms with Crippen molar-refractivity contribution < 1.29 is 19.1 Å². The molecule has 3 unspecified atom stereocenters. The first-order chi connectivity index (χ1) is 15.0. The highest BCUT2D eigenvalue weighted by atomic mass is 79.9. The van der Waals surface area contributed by atoms with Gasteiger partial charge in [-0.3, -0.25) is 14.4 Å². The predicted molar refractivity (Wildman–Crippen MR) is 120 cm³/mol. The van der Waals surface area contributed by atoms with Gasteiger partial charge in [0.1, 0.15) is 18.7 Å². The van der Waals surface area contributed by atoms with Crippen LogP contribution in [0.2, 0.25) is 0 Å². The molecule has 3 atom stereocenters. The Hall–Kier alpha value is -2.77. The average Bonchev–Trinajstić information content (AvgIpc) is 3.37. The van der Waals surface area contributed by atoms with Crippen molar-refractivity contribution in [1.29, 1.82) is 0 Å². The van der Waals surface area contributed by atoms with Gasteiger partial charge in [0, 0.05) is 23.0 Å². The number of hydrogen-bond donors (Lipinski definition) is 1. The summed E-state index contributed by atoms with van der Waals surface area (Å²) in [5.41, 5.74) is 2.27. The molecule has 2 amide bonds. The quantitative estimate of drug-likeness (QED) is 0.686. The fourth-order valence-electron chi connectivity index (χ4n) is 4.11. The van der Waals surface area contributed by atoms with Crippen LogP contribution in [0, 0.1) is 0 Å². The van der Waals surface area contributed by atoms with Crippen LogP contribution in [0.25, 0.3) is 6.08 Å². The van der Waals surface area contributed by atoms with Gasteiger partial charge in [-0.2, -0.15) is 0 Å². The van der Waals surface area contributed by atoms with Crippen LogP contribution in [-0.2, 0) is 20.7 Å². The van der Waals surface area contributed by atoms with Crippen molar-refractivity contribution in [1.82, 2.24) is 10.2 Å². The molecule has 2 aromatic carbocycles. The summed E-state index contributed by atoms with van der Waals surface area (Å²) in [6, 6.07) is 13.3. The van der Waals surface area contributed by atoms with E-state index < -0.39 is 12.1 Å². The number of hydrogen-bond acceptors (Lipinski definition) is 4. The number of ether oxygens (including phenoxy) is 1. The normalized spacial score (nSPS) is 20.9. The Kier molecular flexibility index (Phi) is 6.34. The van der Waals surface area contributed by atoms with Gasteiger partial charge in [-0.15, -0.1) is 0 Å². The van der Waals surface area contributed by atoms with Gasteiger partial charge >= 0.3 is 0 Å². The van der Waals surface area contributed by atoms with Gasteiger partial charge in [0.2, 0.25) is 5.91 Å². The molecule has 6 nitrogen and oxygen atoms in total. The van der Waals surface area contributed by atoms with Gasteiger partial charge in [0.05, 0.1) is 6.10 Å². The number of rotatable bonds is 6. The lowest BCUT2D eigenvalue weighted by Crippen LogP contribution is -2.53. The van der Waals surface area contributed by atoms with Crippen molar-refractivity contribution in [2.45, 2.75) is 31.0 Å². The van der Waals surface area contributed by atoms with Gasteiger partial charge < -0.3 is 15.0 Å². The molecule has 0 aliphatic carbocycles. The predicted octanol–water partition coefficient (Wildman–Crippen LogP) is 3.00. The number of ketones is 1. The highest BCUT2D eigenvalue weighted by Crippen LogP contribution is 2.28. The van der Waals surface area contributed by atoms with Crippen LogP contribution in [0.4, 0.5) is 0 Å². The summed E-state index contributed by atoms with van der Waals surface area (Å²) in [6.07, 6.45) is 2.41. The molecular formula is C24H23BrN2O4. The Labute approximate surface area is 189 Å². The Balaban J connectivity index is 1.56. The third-order valence-corrected chi connectivity index (χ3v) is 6.29. The highest BCUT2D eigenvalue weighted by Gasteiger charge is 2.48. The molecule has 1 N–H and O–H groups in total. The van der Waals surface area contributed by atoms with Crippen LogP contribution in [0.15, 0.2) is 59.6 Å². The minimum absolute atomic E-state index is 0.0402. The molecule has 0 bridgehead atoms. The Bertz CT molecular complexity index is 1000. The molecule has 2 heterocycles. The first-order valence-electron chi connectivity index (χ1n) is 10.2. The summed E-state index contributed by atoms with van der Waals surface area (Å²) in [4.78, 5) is 40.2. The van der Waals surface area contributed by atoms with E-state index in [1.54, 1.807) is 35.2 Å². The monoisotopic (exact) mass is 482 g/mol. The largest absolute Gasteiger partial charge is 0.368 e. The van der Waals surface area contributed by atoms with Crippen LogP contribution >= 0.6 is 15.9 Å². The number of fused-ring (bicyclic) bond motifs is 1. The zero-order valence-electron chi connectivity index (χ0n) is 16.9. The number of nitrogens with one attached hydrogen (secondary N) is 1. The topological polar surface area (TPSA) is 75.7 Å². The average molecular weight is 483 g/mol. The number of likely N-dealkylation sites (tertiary alicyclic amines) is 1.